The first-order chi connectivity index (χ1) is 19.3. The predicted octanol–water partition coefficient (Wildman–Crippen LogP) is 0.332. The van der Waals surface area contributed by atoms with Crippen molar-refractivity contribution in [1.29, 1.82) is 10.8 Å². The monoisotopic (exact) mass is 569 g/mol. The molecule has 2 aromatic carbocycles. The number of hydrogen-bond acceptors (Lipinski definition) is 8. The Kier molecular flexibility index (Phi) is 11.5. The van der Waals surface area contributed by atoms with Crippen molar-refractivity contribution in [3.8, 4) is 11.3 Å². The lowest BCUT2D eigenvalue weighted by atomic mass is 10.0. The van der Waals surface area contributed by atoms with E-state index in [1.807, 2.05) is 42.5 Å². The van der Waals surface area contributed by atoms with Crippen molar-refractivity contribution in [2.24, 2.45) is 11.5 Å². The van der Waals surface area contributed by atoms with Gasteiger partial charge in [-0.3, -0.25) is 39.8 Å². The van der Waals surface area contributed by atoms with Crippen molar-refractivity contribution in [1.82, 2.24) is 14.8 Å². The van der Waals surface area contributed by atoms with Gasteiger partial charge in [0.25, 0.3) is 0 Å². The summed E-state index contributed by atoms with van der Waals surface area (Å²) in [5, 5.41) is 50.8. The number of benzene rings is 2. The Hall–Kier alpha value is -5.28. The fourth-order valence-electron chi connectivity index (χ4n) is 4.04. The summed E-state index contributed by atoms with van der Waals surface area (Å²) in [5.74, 6) is -5.00. The van der Waals surface area contributed by atoms with Crippen LogP contribution in [0.1, 0.15) is 11.1 Å². The van der Waals surface area contributed by atoms with Crippen molar-refractivity contribution < 1.29 is 39.6 Å². The van der Waals surface area contributed by atoms with E-state index in [2.05, 4.69) is 4.98 Å². The molecule has 0 spiro atoms. The highest BCUT2D eigenvalue weighted by Gasteiger charge is 2.19. The topological polar surface area (TPSA) is 271 Å². The fourth-order valence-corrected chi connectivity index (χ4v) is 4.04. The predicted molar refractivity (Wildman–Crippen MR) is 149 cm³/mol. The zero-order valence-corrected chi connectivity index (χ0v) is 21.8. The molecule has 15 nitrogen and oxygen atoms in total. The Morgan fingerprint density at radius 2 is 1.15 bits per heavy atom. The van der Waals surface area contributed by atoms with Gasteiger partial charge < -0.3 is 36.9 Å². The third-order valence-corrected chi connectivity index (χ3v) is 5.61. The van der Waals surface area contributed by atoms with E-state index in [9.17, 15) is 19.2 Å². The number of carboxylic acids is 4. The second kappa shape index (κ2) is 14.8. The number of fused-ring (bicyclic) bond motifs is 1. The Labute approximate surface area is 233 Å². The van der Waals surface area contributed by atoms with Crippen molar-refractivity contribution in [3.63, 3.8) is 0 Å². The van der Waals surface area contributed by atoms with Crippen LogP contribution < -0.4 is 11.5 Å². The minimum atomic E-state index is -1.23. The molecular weight excluding hydrogens is 538 g/mol. The van der Waals surface area contributed by atoms with Gasteiger partial charge in [0.15, 0.2) is 0 Å². The number of rotatable bonds is 14. The van der Waals surface area contributed by atoms with E-state index in [0.29, 0.717) is 11.1 Å². The molecule has 0 aliphatic carbocycles. The summed E-state index contributed by atoms with van der Waals surface area (Å²) in [6.45, 7) is -2.25. The molecule has 0 aliphatic rings. The summed E-state index contributed by atoms with van der Waals surface area (Å²) >= 11 is 0. The van der Waals surface area contributed by atoms with Crippen LogP contribution >= 0.6 is 0 Å². The van der Waals surface area contributed by atoms with E-state index >= 15 is 0 Å². The molecule has 0 saturated heterocycles. The molecule has 41 heavy (non-hydrogen) atoms. The quantitative estimate of drug-likeness (QED) is 0.0938. The molecule has 0 bridgehead atoms. The second-order valence-electron chi connectivity index (χ2n) is 8.79. The number of aromatic nitrogens is 1. The van der Waals surface area contributed by atoms with E-state index in [1.165, 1.54) is 0 Å². The van der Waals surface area contributed by atoms with Crippen LogP contribution in [0.4, 0.5) is 0 Å². The van der Waals surface area contributed by atoms with Crippen molar-refractivity contribution in [3.05, 3.63) is 59.7 Å². The largest absolute Gasteiger partial charge is 0.480 e. The Balaban J connectivity index is 0.000000288. The minimum Gasteiger partial charge on any atom is -0.480 e. The van der Waals surface area contributed by atoms with Gasteiger partial charge in [-0.25, -0.2) is 0 Å². The fraction of sp³-hybridized carbons (Fsp3) is 0.231. The molecular formula is C26H31N7O8. The average molecular weight is 570 g/mol. The van der Waals surface area contributed by atoms with Gasteiger partial charge in [-0.2, -0.15) is 0 Å². The molecule has 3 rings (SSSR count). The lowest BCUT2D eigenvalue weighted by Crippen LogP contribution is -2.43. The number of carbonyl (C=O) groups is 4. The van der Waals surface area contributed by atoms with Crippen LogP contribution in [0.2, 0.25) is 0 Å². The van der Waals surface area contributed by atoms with E-state index in [0.717, 1.165) is 32.0 Å². The summed E-state index contributed by atoms with van der Waals surface area (Å²) < 4.78 is 0. The summed E-state index contributed by atoms with van der Waals surface area (Å²) in [4.78, 5) is 47.6. The van der Waals surface area contributed by atoms with Crippen LogP contribution in [0.25, 0.3) is 22.2 Å². The summed E-state index contributed by atoms with van der Waals surface area (Å²) in [7, 11) is 0. The third-order valence-electron chi connectivity index (χ3n) is 5.61. The molecule has 0 aliphatic heterocycles. The van der Waals surface area contributed by atoms with Gasteiger partial charge in [0.2, 0.25) is 0 Å². The first kappa shape index (κ1) is 31.9. The molecule has 0 unspecified atom stereocenters. The van der Waals surface area contributed by atoms with E-state index in [-0.39, 0.29) is 24.8 Å². The van der Waals surface area contributed by atoms with Crippen molar-refractivity contribution in [2.75, 3.05) is 39.3 Å². The lowest BCUT2D eigenvalue weighted by molar-refractivity contribution is -0.145. The number of hydrogen-bond donors (Lipinski definition) is 9. The van der Waals surface area contributed by atoms with Crippen LogP contribution in [0.5, 0.6) is 0 Å². The number of aromatic amines is 1. The second-order valence-corrected chi connectivity index (χ2v) is 8.79. The number of nitrogens with zero attached hydrogens (tertiary/aromatic N) is 2. The lowest BCUT2D eigenvalue weighted by Gasteiger charge is -2.23. The first-order valence-electron chi connectivity index (χ1n) is 12.0. The SMILES string of the molecule is N=C(N)c1cccc2[nH]c(-c3ccccc3)c(C(=N)N)c12.O=C(O)CN(CCN(CC(=O)O)CC(=O)O)CC(=O)O. The molecule has 0 fully saturated rings. The maximum absolute atomic E-state index is 10.6. The van der Waals surface area contributed by atoms with Crippen LogP contribution in [-0.4, -0.2) is 110 Å². The maximum atomic E-state index is 10.6. The van der Waals surface area contributed by atoms with Crippen LogP contribution in [0.3, 0.4) is 0 Å². The van der Waals surface area contributed by atoms with E-state index in [1.54, 1.807) is 6.07 Å². The summed E-state index contributed by atoms with van der Waals surface area (Å²) in [5.41, 5.74) is 15.1. The minimum absolute atomic E-state index is 0.0401. The number of carboxylic acid groups (broad SMARTS) is 4. The van der Waals surface area contributed by atoms with Gasteiger partial charge in [-0.1, -0.05) is 42.5 Å². The van der Waals surface area contributed by atoms with Crippen molar-refractivity contribution >= 4 is 46.5 Å². The number of H-pyrrole nitrogens is 1. The molecule has 218 valence electrons. The first-order valence-corrected chi connectivity index (χ1v) is 12.0. The number of aliphatic carboxylic acids is 4. The highest BCUT2D eigenvalue weighted by Crippen LogP contribution is 2.32. The van der Waals surface area contributed by atoms with E-state index < -0.39 is 50.1 Å². The zero-order chi connectivity index (χ0) is 30.7. The van der Waals surface area contributed by atoms with Crippen LogP contribution in [0.15, 0.2) is 48.5 Å². The number of nitrogens with two attached hydrogens (primary N) is 2. The smallest absolute Gasteiger partial charge is 0.317 e. The molecule has 3 aromatic rings. The average Bonchev–Trinajstić information content (AvgIpc) is 3.27. The van der Waals surface area contributed by atoms with Gasteiger partial charge in [0, 0.05) is 29.6 Å². The van der Waals surface area contributed by atoms with Gasteiger partial charge in [0.1, 0.15) is 11.7 Å². The summed E-state index contributed by atoms with van der Waals surface area (Å²) in [6, 6.07) is 15.2. The standard InChI is InChI=1S/C16H15N5.C10H16N2O8/c17-15(18)10-7-4-8-11-12(10)13(16(19)20)14(21-11)9-5-2-1-3-6-9;13-7(14)3-11(4-8(15)16)1-2-12(5-9(17)18)6-10(19)20/h1-8,21H,(H3,17,18)(H3,19,20);1-6H2,(H,13,14)(H,15,16)(H,17,18)(H,19,20). The normalized spacial score (nSPS) is 10.7. The van der Waals surface area contributed by atoms with E-state index in [4.69, 9.17) is 42.7 Å². The van der Waals surface area contributed by atoms with Crippen LogP contribution in [0, 0.1) is 10.8 Å². The Morgan fingerprint density at radius 1 is 0.683 bits per heavy atom. The van der Waals surface area contributed by atoms with Gasteiger partial charge in [-0.15, -0.1) is 0 Å². The number of nitrogens with one attached hydrogen (secondary N) is 3. The van der Waals surface area contributed by atoms with Gasteiger partial charge >= 0.3 is 23.9 Å². The highest BCUT2D eigenvalue weighted by atomic mass is 16.4. The zero-order valence-electron chi connectivity index (χ0n) is 21.8. The maximum Gasteiger partial charge on any atom is 0.317 e. The Morgan fingerprint density at radius 3 is 1.54 bits per heavy atom. The third kappa shape index (κ3) is 9.76. The van der Waals surface area contributed by atoms with Gasteiger partial charge in [-0.05, 0) is 11.6 Å². The number of amidine groups is 2. The molecule has 0 atom stereocenters. The molecule has 0 amide bonds. The van der Waals surface area contributed by atoms with Crippen LogP contribution in [-0.2, 0) is 19.2 Å². The Bertz CT molecular complexity index is 1370. The highest BCUT2D eigenvalue weighted by molar-refractivity contribution is 6.19. The summed E-state index contributed by atoms with van der Waals surface area (Å²) in [6.07, 6.45) is 0. The molecule has 0 saturated carbocycles. The number of nitrogen functional groups attached to an aromatic ring is 2. The molecule has 1 heterocycles. The molecule has 11 N–H and O–H groups in total. The molecule has 0 radical (unpaired) electrons. The van der Waals surface area contributed by atoms with Gasteiger partial charge in [0.05, 0.1) is 37.4 Å². The molecule has 15 heteroatoms. The molecule has 1 aromatic heterocycles. The van der Waals surface area contributed by atoms with Crippen molar-refractivity contribution in [2.45, 2.75) is 0 Å².